The van der Waals surface area contributed by atoms with Gasteiger partial charge in [0.2, 0.25) is 0 Å². The lowest BCUT2D eigenvalue weighted by Crippen LogP contribution is -2.47. The van der Waals surface area contributed by atoms with E-state index in [0.717, 1.165) is 18.4 Å². The summed E-state index contributed by atoms with van der Waals surface area (Å²) in [5.74, 6) is 2.30. The van der Waals surface area contributed by atoms with Gasteiger partial charge in [-0.05, 0) is 61.7 Å². The van der Waals surface area contributed by atoms with Crippen molar-refractivity contribution in [2.45, 2.75) is 89.5 Å². The average molecular weight is 313 g/mol. The van der Waals surface area contributed by atoms with E-state index in [1.54, 1.807) is 0 Å². The van der Waals surface area contributed by atoms with Gasteiger partial charge < -0.3 is 4.74 Å². The largest absolute Gasteiger partial charge is 0.375 e. The zero-order chi connectivity index (χ0) is 15.1. The summed E-state index contributed by atoms with van der Waals surface area (Å²) in [6.45, 7) is 8.34. The minimum Gasteiger partial charge on any atom is -0.375 e. The Labute approximate surface area is 136 Å². The number of ether oxygens (including phenoxy) is 1. The molecule has 0 radical (unpaired) electrons. The van der Waals surface area contributed by atoms with Crippen LogP contribution in [-0.4, -0.2) is 17.6 Å². The number of rotatable bonds is 2. The van der Waals surface area contributed by atoms with Crippen LogP contribution in [0.1, 0.15) is 78.6 Å². The van der Waals surface area contributed by atoms with Gasteiger partial charge >= 0.3 is 0 Å². The van der Waals surface area contributed by atoms with E-state index in [2.05, 4.69) is 20.8 Å². The Bertz CT molecular complexity index is 359. The summed E-state index contributed by atoms with van der Waals surface area (Å²) in [7, 11) is 0. The zero-order valence-electron chi connectivity index (χ0n) is 14.2. The van der Waals surface area contributed by atoms with Crippen molar-refractivity contribution >= 4 is 11.6 Å². The molecule has 0 amide bonds. The second-order valence-electron chi connectivity index (χ2n) is 8.79. The minimum atomic E-state index is 0.240. The molecule has 2 aliphatic carbocycles. The fraction of sp³-hybridized carbons (Fsp3) is 1.00. The maximum Gasteiger partial charge on any atom is 0.0685 e. The number of hydrogen-bond donors (Lipinski definition) is 0. The topological polar surface area (TPSA) is 9.23 Å². The van der Waals surface area contributed by atoms with Crippen LogP contribution < -0.4 is 0 Å². The molecule has 1 saturated heterocycles. The number of alkyl halides is 1. The highest BCUT2D eigenvalue weighted by atomic mass is 35.5. The molecule has 4 atom stereocenters. The predicted octanol–water partition coefficient (Wildman–Crippen LogP) is 5.80. The van der Waals surface area contributed by atoms with Gasteiger partial charge in [0.05, 0.1) is 5.60 Å². The summed E-state index contributed by atoms with van der Waals surface area (Å²) in [5.41, 5.74) is 0.607. The minimum absolute atomic E-state index is 0.240. The molecule has 1 heterocycles. The van der Waals surface area contributed by atoms with Gasteiger partial charge in [-0.2, -0.15) is 0 Å². The van der Waals surface area contributed by atoms with E-state index in [0.29, 0.717) is 16.7 Å². The first-order valence-electron chi connectivity index (χ1n) is 9.21. The standard InChI is InChI=1S/C19H33ClO/c1-14-6-7-16(17(20)12-14)18(2,3)15-8-11-21-19(13-15)9-4-5-10-19/h14-17H,4-13H2,1-3H3. The van der Waals surface area contributed by atoms with Crippen molar-refractivity contribution in [3.05, 3.63) is 0 Å². The maximum absolute atomic E-state index is 6.80. The van der Waals surface area contributed by atoms with Gasteiger partial charge in [0.15, 0.2) is 0 Å². The van der Waals surface area contributed by atoms with Crippen molar-refractivity contribution in [1.29, 1.82) is 0 Å². The van der Waals surface area contributed by atoms with Crippen LogP contribution >= 0.6 is 11.6 Å². The monoisotopic (exact) mass is 312 g/mol. The summed E-state index contributed by atoms with van der Waals surface area (Å²) in [4.78, 5) is 0. The van der Waals surface area contributed by atoms with Gasteiger partial charge in [-0.25, -0.2) is 0 Å². The third kappa shape index (κ3) is 3.15. The Hall–Kier alpha value is 0.250. The molecule has 0 aromatic carbocycles. The third-order valence-corrected chi connectivity index (χ3v) is 7.53. The van der Waals surface area contributed by atoms with Gasteiger partial charge in [0.25, 0.3) is 0 Å². The Morgan fingerprint density at radius 1 is 1.10 bits per heavy atom. The Balaban J connectivity index is 1.71. The van der Waals surface area contributed by atoms with Crippen molar-refractivity contribution < 1.29 is 4.74 Å². The van der Waals surface area contributed by atoms with E-state index in [1.807, 2.05) is 0 Å². The molecule has 0 aromatic heterocycles. The predicted molar refractivity (Wildman–Crippen MR) is 89.8 cm³/mol. The fourth-order valence-corrected chi connectivity index (χ4v) is 6.24. The highest BCUT2D eigenvalue weighted by Gasteiger charge is 2.48. The van der Waals surface area contributed by atoms with Crippen LogP contribution in [0, 0.1) is 23.2 Å². The lowest BCUT2D eigenvalue weighted by molar-refractivity contribution is -0.122. The second-order valence-corrected chi connectivity index (χ2v) is 9.35. The van der Waals surface area contributed by atoms with Crippen molar-refractivity contribution in [2.75, 3.05) is 6.61 Å². The molecule has 122 valence electrons. The SMILES string of the molecule is CC1CCC(C(C)(C)C2CCOC3(CCCC3)C2)C(Cl)C1. The summed E-state index contributed by atoms with van der Waals surface area (Å²) in [6.07, 6.45) is 11.8. The molecule has 3 fully saturated rings. The summed E-state index contributed by atoms with van der Waals surface area (Å²) < 4.78 is 6.25. The van der Waals surface area contributed by atoms with E-state index in [4.69, 9.17) is 16.3 Å². The molecule has 0 N–H and O–H groups in total. The average Bonchev–Trinajstić information content (AvgIpc) is 2.86. The quantitative estimate of drug-likeness (QED) is 0.586. The molecule has 4 unspecified atom stereocenters. The molecule has 1 spiro atoms. The lowest BCUT2D eigenvalue weighted by Gasteiger charge is -2.50. The van der Waals surface area contributed by atoms with Crippen molar-refractivity contribution in [3.8, 4) is 0 Å². The first-order valence-corrected chi connectivity index (χ1v) is 9.65. The maximum atomic E-state index is 6.80. The van der Waals surface area contributed by atoms with Crippen LogP contribution in [0.4, 0.5) is 0 Å². The van der Waals surface area contributed by atoms with E-state index in [9.17, 15) is 0 Å². The summed E-state index contributed by atoms with van der Waals surface area (Å²) in [5, 5.41) is 0.381. The van der Waals surface area contributed by atoms with Gasteiger partial charge in [-0.1, -0.05) is 40.0 Å². The molecule has 2 saturated carbocycles. The summed E-state index contributed by atoms with van der Waals surface area (Å²) in [6, 6.07) is 0. The van der Waals surface area contributed by atoms with E-state index < -0.39 is 0 Å². The van der Waals surface area contributed by atoms with Crippen LogP contribution in [0.25, 0.3) is 0 Å². The molecule has 1 nitrogen and oxygen atoms in total. The zero-order valence-corrected chi connectivity index (χ0v) is 14.9. The smallest absolute Gasteiger partial charge is 0.0685 e. The van der Waals surface area contributed by atoms with Crippen molar-refractivity contribution in [3.63, 3.8) is 0 Å². The molecule has 3 aliphatic rings. The van der Waals surface area contributed by atoms with Crippen molar-refractivity contribution in [2.24, 2.45) is 23.2 Å². The van der Waals surface area contributed by atoms with Gasteiger partial charge in [0.1, 0.15) is 0 Å². The van der Waals surface area contributed by atoms with Crippen molar-refractivity contribution in [1.82, 2.24) is 0 Å². The molecular weight excluding hydrogens is 280 g/mol. The van der Waals surface area contributed by atoms with Gasteiger partial charge in [-0.3, -0.25) is 0 Å². The van der Waals surface area contributed by atoms with E-state index in [-0.39, 0.29) is 5.60 Å². The summed E-state index contributed by atoms with van der Waals surface area (Å²) >= 11 is 6.80. The Morgan fingerprint density at radius 2 is 1.81 bits per heavy atom. The van der Waals surface area contributed by atoms with Crippen LogP contribution in [0.3, 0.4) is 0 Å². The molecule has 0 bridgehead atoms. The van der Waals surface area contributed by atoms with Crippen LogP contribution in [0.5, 0.6) is 0 Å². The van der Waals surface area contributed by atoms with Gasteiger partial charge in [0, 0.05) is 12.0 Å². The molecule has 21 heavy (non-hydrogen) atoms. The number of halogens is 1. The highest BCUT2D eigenvalue weighted by Crippen LogP contribution is 2.53. The van der Waals surface area contributed by atoms with Crippen LogP contribution in [0.15, 0.2) is 0 Å². The molecule has 1 aliphatic heterocycles. The van der Waals surface area contributed by atoms with Gasteiger partial charge in [-0.15, -0.1) is 11.6 Å². The lowest BCUT2D eigenvalue weighted by atomic mass is 9.59. The number of hydrogen-bond acceptors (Lipinski definition) is 1. The fourth-order valence-electron chi connectivity index (χ4n) is 5.48. The van der Waals surface area contributed by atoms with Crippen LogP contribution in [0.2, 0.25) is 0 Å². The Kier molecular flexibility index (Phi) is 4.64. The van der Waals surface area contributed by atoms with E-state index >= 15 is 0 Å². The molecule has 2 heteroatoms. The third-order valence-electron chi connectivity index (χ3n) is 7.05. The normalized spacial score (nSPS) is 40.6. The van der Waals surface area contributed by atoms with Crippen LogP contribution in [-0.2, 0) is 4.74 Å². The Morgan fingerprint density at radius 3 is 2.48 bits per heavy atom. The first-order chi connectivity index (χ1) is 9.93. The highest BCUT2D eigenvalue weighted by molar-refractivity contribution is 6.20. The molecule has 0 aromatic rings. The second kappa shape index (κ2) is 6.04. The first kappa shape index (κ1) is 16.1. The molecular formula is C19H33ClO. The van der Waals surface area contributed by atoms with E-state index in [1.165, 1.54) is 57.8 Å². The molecule has 3 rings (SSSR count).